The summed E-state index contributed by atoms with van der Waals surface area (Å²) in [5, 5.41) is 8.67. The number of hydrogen-bond acceptors (Lipinski definition) is 3. The molecule has 76 valence electrons. The van der Waals surface area contributed by atoms with Gasteiger partial charge in [0.2, 0.25) is 0 Å². The molecule has 0 spiro atoms. The van der Waals surface area contributed by atoms with Crippen LogP contribution in [0, 0.1) is 11.8 Å². The van der Waals surface area contributed by atoms with Gasteiger partial charge in [0.05, 0.1) is 5.92 Å². The lowest BCUT2D eigenvalue weighted by Crippen LogP contribution is -2.23. The molecular weight excluding hydrogens is 194 g/mol. The van der Waals surface area contributed by atoms with Crippen molar-refractivity contribution >= 4 is 17.2 Å². The van der Waals surface area contributed by atoms with Crippen LogP contribution in [0.25, 0.3) is 0 Å². The lowest BCUT2D eigenvalue weighted by molar-refractivity contribution is -0.141. The van der Waals surface area contributed by atoms with E-state index in [-0.39, 0.29) is 11.8 Å². The van der Waals surface area contributed by atoms with E-state index in [2.05, 4.69) is 4.72 Å². The number of nitrogens with one attached hydrogen (secondary N) is 1. The Morgan fingerprint density at radius 3 is 2.77 bits per heavy atom. The van der Waals surface area contributed by atoms with Gasteiger partial charge in [0.1, 0.15) is 0 Å². The SMILES string of the molecule is O=C(O)C1CCC(CNS(=O)[O-])C1. The van der Waals surface area contributed by atoms with E-state index in [1.54, 1.807) is 0 Å². The summed E-state index contributed by atoms with van der Waals surface area (Å²) in [6.07, 6.45) is 2.04. The maximum absolute atomic E-state index is 10.5. The monoisotopic (exact) mass is 206 g/mol. The van der Waals surface area contributed by atoms with E-state index in [0.29, 0.717) is 19.4 Å². The van der Waals surface area contributed by atoms with Crippen molar-refractivity contribution in [1.82, 2.24) is 4.72 Å². The third kappa shape index (κ3) is 3.41. The maximum atomic E-state index is 10.5. The van der Waals surface area contributed by atoms with Gasteiger partial charge >= 0.3 is 5.97 Å². The molecule has 0 aromatic rings. The minimum atomic E-state index is -2.23. The molecule has 0 radical (unpaired) electrons. The summed E-state index contributed by atoms with van der Waals surface area (Å²) in [5.74, 6) is -0.878. The second-order valence-electron chi connectivity index (χ2n) is 3.30. The zero-order valence-corrected chi connectivity index (χ0v) is 7.88. The highest BCUT2D eigenvalue weighted by molar-refractivity contribution is 7.77. The Bertz CT molecular complexity index is 221. The largest absolute Gasteiger partial charge is 0.760 e. The fraction of sp³-hybridized carbons (Fsp3) is 0.857. The van der Waals surface area contributed by atoms with E-state index in [1.807, 2.05) is 0 Å². The van der Waals surface area contributed by atoms with Gasteiger partial charge in [0, 0.05) is 17.8 Å². The molecule has 0 heterocycles. The Labute approximate surface area is 78.9 Å². The zero-order chi connectivity index (χ0) is 9.84. The highest BCUT2D eigenvalue weighted by Gasteiger charge is 2.29. The third-order valence-corrected chi connectivity index (χ3v) is 2.78. The summed E-state index contributed by atoms with van der Waals surface area (Å²) in [7, 11) is 0. The van der Waals surface area contributed by atoms with Crippen LogP contribution in [0.4, 0.5) is 0 Å². The fourth-order valence-electron chi connectivity index (χ4n) is 1.67. The molecule has 13 heavy (non-hydrogen) atoms. The Balaban J connectivity index is 2.25. The Morgan fingerprint density at radius 2 is 2.31 bits per heavy atom. The van der Waals surface area contributed by atoms with Gasteiger partial charge in [0.15, 0.2) is 0 Å². The molecule has 1 saturated carbocycles. The highest BCUT2D eigenvalue weighted by Crippen LogP contribution is 2.30. The van der Waals surface area contributed by atoms with Crippen LogP contribution in [0.2, 0.25) is 0 Å². The van der Waals surface area contributed by atoms with Crippen molar-refractivity contribution < 1.29 is 18.7 Å². The van der Waals surface area contributed by atoms with Crippen molar-refractivity contribution in [3.05, 3.63) is 0 Å². The van der Waals surface area contributed by atoms with E-state index in [1.165, 1.54) is 0 Å². The molecule has 3 unspecified atom stereocenters. The van der Waals surface area contributed by atoms with Crippen molar-refractivity contribution in [2.45, 2.75) is 19.3 Å². The number of aliphatic carboxylic acids is 1. The average Bonchev–Trinajstić information content (AvgIpc) is 2.48. The summed E-state index contributed by atoms with van der Waals surface area (Å²) in [5.41, 5.74) is 0. The molecule has 1 aliphatic carbocycles. The number of carbonyl (C=O) groups is 1. The van der Waals surface area contributed by atoms with Crippen LogP contribution < -0.4 is 4.72 Å². The average molecular weight is 206 g/mol. The van der Waals surface area contributed by atoms with Crippen LogP contribution in [0.3, 0.4) is 0 Å². The normalized spacial score (nSPS) is 30.2. The van der Waals surface area contributed by atoms with Gasteiger partial charge in [-0.15, -0.1) is 0 Å². The Hall–Kier alpha value is -0.460. The third-order valence-electron chi connectivity index (χ3n) is 2.38. The van der Waals surface area contributed by atoms with Crippen LogP contribution in [0.15, 0.2) is 0 Å². The molecule has 1 aliphatic rings. The Kier molecular flexibility index (Phi) is 3.83. The Morgan fingerprint density at radius 1 is 1.62 bits per heavy atom. The minimum absolute atomic E-state index is 0.180. The molecule has 1 rings (SSSR count). The molecule has 3 atom stereocenters. The number of carboxylic acid groups (broad SMARTS) is 1. The van der Waals surface area contributed by atoms with Crippen LogP contribution in [0.5, 0.6) is 0 Å². The fourth-order valence-corrected chi connectivity index (χ4v) is 2.04. The second-order valence-corrected chi connectivity index (χ2v) is 4.06. The molecule has 0 amide bonds. The maximum Gasteiger partial charge on any atom is 0.306 e. The van der Waals surface area contributed by atoms with Crippen LogP contribution in [-0.2, 0) is 16.1 Å². The van der Waals surface area contributed by atoms with Gasteiger partial charge < -0.3 is 9.66 Å². The predicted octanol–water partition coefficient (Wildman–Crippen LogP) is -0.129. The van der Waals surface area contributed by atoms with Gasteiger partial charge in [-0.2, -0.15) is 0 Å². The summed E-state index contributed by atoms with van der Waals surface area (Å²) in [4.78, 5) is 10.5. The van der Waals surface area contributed by atoms with Gasteiger partial charge in [-0.25, -0.2) is 4.72 Å². The molecule has 6 heteroatoms. The molecule has 1 fully saturated rings. The number of rotatable bonds is 4. The molecule has 0 saturated heterocycles. The molecular formula is C7H12NO4S-. The van der Waals surface area contributed by atoms with E-state index in [9.17, 15) is 13.6 Å². The summed E-state index contributed by atoms with van der Waals surface area (Å²) < 4.78 is 22.6. The summed E-state index contributed by atoms with van der Waals surface area (Å²) in [6.45, 7) is 0.361. The first-order chi connectivity index (χ1) is 6.09. The van der Waals surface area contributed by atoms with E-state index >= 15 is 0 Å². The van der Waals surface area contributed by atoms with Crippen molar-refractivity contribution in [3.8, 4) is 0 Å². The van der Waals surface area contributed by atoms with Crippen LogP contribution >= 0.6 is 0 Å². The lowest BCUT2D eigenvalue weighted by atomic mass is 10.1. The first-order valence-electron chi connectivity index (χ1n) is 4.15. The van der Waals surface area contributed by atoms with E-state index in [4.69, 9.17) is 5.11 Å². The van der Waals surface area contributed by atoms with Gasteiger partial charge in [-0.05, 0) is 25.2 Å². The summed E-state index contributed by atoms with van der Waals surface area (Å²) >= 11 is -2.23. The van der Waals surface area contributed by atoms with Gasteiger partial charge in [0.25, 0.3) is 0 Å². The molecule has 5 nitrogen and oxygen atoms in total. The quantitative estimate of drug-likeness (QED) is 0.627. The van der Waals surface area contributed by atoms with Crippen molar-refractivity contribution in [2.75, 3.05) is 6.54 Å². The topological polar surface area (TPSA) is 89.5 Å². The van der Waals surface area contributed by atoms with Crippen LogP contribution in [-0.4, -0.2) is 26.4 Å². The molecule has 2 N–H and O–H groups in total. The van der Waals surface area contributed by atoms with Crippen molar-refractivity contribution in [1.29, 1.82) is 0 Å². The van der Waals surface area contributed by atoms with E-state index in [0.717, 1.165) is 6.42 Å². The van der Waals surface area contributed by atoms with Crippen molar-refractivity contribution in [3.63, 3.8) is 0 Å². The van der Waals surface area contributed by atoms with Gasteiger partial charge in [-0.3, -0.25) is 9.00 Å². The zero-order valence-electron chi connectivity index (χ0n) is 7.06. The lowest BCUT2D eigenvalue weighted by Gasteiger charge is -2.12. The predicted molar refractivity (Wildman–Crippen MR) is 45.4 cm³/mol. The van der Waals surface area contributed by atoms with Gasteiger partial charge in [-0.1, -0.05) is 0 Å². The van der Waals surface area contributed by atoms with Crippen molar-refractivity contribution in [2.24, 2.45) is 11.8 Å². The molecule has 0 aromatic heterocycles. The first kappa shape index (κ1) is 10.6. The number of carboxylic acids is 1. The summed E-state index contributed by atoms with van der Waals surface area (Å²) in [6, 6.07) is 0. The molecule has 0 aliphatic heterocycles. The smallest absolute Gasteiger partial charge is 0.306 e. The molecule has 0 aromatic carbocycles. The highest BCUT2D eigenvalue weighted by atomic mass is 32.2. The van der Waals surface area contributed by atoms with Crippen LogP contribution in [0.1, 0.15) is 19.3 Å². The second kappa shape index (κ2) is 4.69. The van der Waals surface area contributed by atoms with E-state index < -0.39 is 17.2 Å². The minimum Gasteiger partial charge on any atom is -0.760 e. The first-order valence-corrected chi connectivity index (χ1v) is 5.22. The number of hydrogen-bond donors (Lipinski definition) is 2. The molecule has 0 bridgehead atoms. The standard InChI is InChI=1S/C7H13NO4S/c9-7(10)6-2-1-5(3-6)4-8-13(11)12/h5-6,8H,1-4H2,(H,9,10)(H,11,12)/p-1.